The van der Waals surface area contributed by atoms with E-state index in [9.17, 15) is 18.0 Å². The summed E-state index contributed by atoms with van der Waals surface area (Å²) >= 11 is 0. The first-order valence-corrected chi connectivity index (χ1v) is 9.54. The molecule has 8 nitrogen and oxygen atoms in total. The number of sulfonamides is 1. The van der Waals surface area contributed by atoms with Gasteiger partial charge in [0, 0.05) is 12.6 Å². The monoisotopic (exact) mass is 348 g/mol. The van der Waals surface area contributed by atoms with E-state index in [4.69, 9.17) is 9.84 Å². The molecule has 0 radical (unpaired) electrons. The van der Waals surface area contributed by atoms with Gasteiger partial charge in [0.05, 0.1) is 13.2 Å². The Balaban J connectivity index is 1.93. The van der Waals surface area contributed by atoms with Gasteiger partial charge in [-0.25, -0.2) is 17.9 Å². The highest BCUT2D eigenvalue weighted by molar-refractivity contribution is 7.90. The zero-order valence-corrected chi connectivity index (χ0v) is 14.0. The second kappa shape index (κ2) is 7.59. The molecule has 1 aliphatic carbocycles. The number of carboxylic acids is 1. The molecule has 0 spiro atoms. The summed E-state index contributed by atoms with van der Waals surface area (Å²) in [6.07, 6.45) is 3.46. The van der Waals surface area contributed by atoms with E-state index in [1.54, 1.807) is 0 Å². The lowest BCUT2D eigenvalue weighted by Crippen LogP contribution is -2.55. The second-order valence-corrected chi connectivity index (χ2v) is 8.10. The van der Waals surface area contributed by atoms with Gasteiger partial charge in [0.15, 0.2) is 6.04 Å². The van der Waals surface area contributed by atoms with Crippen molar-refractivity contribution < 1.29 is 27.9 Å². The van der Waals surface area contributed by atoms with Crippen LogP contribution in [0.1, 0.15) is 32.6 Å². The molecule has 9 heteroatoms. The predicted octanol–water partition coefficient (Wildman–Crippen LogP) is -0.203. The molecule has 1 amide bonds. The summed E-state index contributed by atoms with van der Waals surface area (Å²) in [6, 6.07) is -1.26. The van der Waals surface area contributed by atoms with Gasteiger partial charge in [-0.3, -0.25) is 4.79 Å². The van der Waals surface area contributed by atoms with Gasteiger partial charge in [-0.1, -0.05) is 6.92 Å². The lowest BCUT2D eigenvalue weighted by molar-refractivity contribution is -0.157. The maximum atomic E-state index is 12.2. The largest absolute Gasteiger partial charge is 0.480 e. The fourth-order valence-corrected chi connectivity index (χ4v) is 4.34. The van der Waals surface area contributed by atoms with Crippen molar-refractivity contribution in [3.05, 3.63) is 0 Å². The standard InChI is InChI=1S/C14H24N2O6S/c1-10-2-4-11(5-3-10)15-23(20,21)9-13(17)16-6-7-22-8-12(16)14(18)19/h10-12,15H,2-9H2,1H3,(H,18,19)/t10?,11?,12-/m1/s1. The number of aliphatic carboxylic acids is 1. The van der Waals surface area contributed by atoms with E-state index in [1.165, 1.54) is 0 Å². The van der Waals surface area contributed by atoms with Crippen LogP contribution >= 0.6 is 0 Å². The third-order valence-electron chi connectivity index (χ3n) is 4.41. The molecule has 1 saturated carbocycles. The van der Waals surface area contributed by atoms with E-state index < -0.39 is 33.7 Å². The van der Waals surface area contributed by atoms with E-state index in [2.05, 4.69) is 11.6 Å². The topological polar surface area (TPSA) is 113 Å². The number of hydrogen-bond acceptors (Lipinski definition) is 5. The molecule has 0 unspecified atom stereocenters. The minimum Gasteiger partial charge on any atom is -0.480 e. The summed E-state index contributed by atoms with van der Waals surface area (Å²) in [5.74, 6) is -2.01. The average Bonchev–Trinajstić information content (AvgIpc) is 2.49. The third kappa shape index (κ3) is 5.15. The Kier molecular flexibility index (Phi) is 5.99. The number of hydrogen-bond donors (Lipinski definition) is 2. The zero-order chi connectivity index (χ0) is 17.0. The molecule has 0 aromatic rings. The van der Waals surface area contributed by atoms with Crippen LogP contribution in [0.4, 0.5) is 0 Å². The predicted molar refractivity (Wildman–Crippen MR) is 82.3 cm³/mol. The summed E-state index contributed by atoms with van der Waals surface area (Å²) in [6.45, 7) is 2.32. The summed E-state index contributed by atoms with van der Waals surface area (Å²) in [5, 5.41) is 9.10. The smallest absolute Gasteiger partial charge is 0.328 e. The molecule has 0 aromatic heterocycles. The van der Waals surface area contributed by atoms with Crippen molar-refractivity contribution in [2.45, 2.75) is 44.7 Å². The number of nitrogens with one attached hydrogen (secondary N) is 1. The van der Waals surface area contributed by atoms with Crippen molar-refractivity contribution in [2.24, 2.45) is 5.92 Å². The van der Waals surface area contributed by atoms with E-state index in [1.807, 2.05) is 0 Å². The summed E-state index contributed by atoms with van der Waals surface area (Å²) in [5.41, 5.74) is 0. The van der Waals surface area contributed by atoms with Crippen LogP contribution in [-0.4, -0.2) is 67.9 Å². The van der Waals surface area contributed by atoms with Gasteiger partial charge in [0.2, 0.25) is 15.9 Å². The van der Waals surface area contributed by atoms with Crippen LogP contribution in [0.25, 0.3) is 0 Å². The molecular weight excluding hydrogens is 324 g/mol. The van der Waals surface area contributed by atoms with E-state index in [-0.39, 0.29) is 25.8 Å². The Hall–Kier alpha value is -1.19. The van der Waals surface area contributed by atoms with E-state index in [0.29, 0.717) is 5.92 Å². The van der Waals surface area contributed by atoms with Crippen LogP contribution in [0.15, 0.2) is 0 Å². The first-order chi connectivity index (χ1) is 10.8. The Morgan fingerprint density at radius 2 is 1.91 bits per heavy atom. The zero-order valence-electron chi connectivity index (χ0n) is 13.2. The maximum Gasteiger partial charge on any atom is 0.328 e. The van der Waals surface area contributed by atoms with Crippen molar-refractivity contribution in [1.29, 1.82) is 0 Å². The van der Waals surface area contributed by atoms with Gasteiger partial charge in [-0.15, -0.1) is 0 Å². The van der Waals surface area contributed by atoms with Crippen molar-refractivity contribution >= 4 is 21.9 Å². The Bertz CT molecular complexity index is 541. The summed E-state index contributed by atoms with van der Waals surface area (Å²) < 4.78 is 32.0. The summed E-state index contributed by atoms with van der Waals surface area (Å²) in [4.78, 5) is 24.4. The van der Waals surface area contributed by atoms with Crippen molar-refractivity contribution in [1.82, 2.24) is 9.62 Å². The van der Waals surface area contributed by atoms with E-state index in [0.717, 1.165) is 30.6 Å². The second-order valence-electron chi connectivity index (χ2n) is 6.35. The van der Waals surface area contributed by atoms with Crippen molar-refractivity contribution in [3.63, 3.8) is 0 Å². The Morgan fingerprint density at radius 3 is 2.52 bits per heavy atom. The third-order valence-corrected chi connectivity index (χ3v) is 5.73. The number of carboxylic acid groups (broad SMARTS) is 1. The first-order valence-electron chi connectivity index (χ1n) is 7.88. The van der Waals surface area contributed by atoms with Gasteiger partial charge < -0.3 is 14.7 Å². The van der Waals surface area contributed by atoms with Crippen LogP contribution < -0.4 is 4.72 Å². The van der Waals surface area contributed by atoms with Gasteiger partial charge in [-0.2, -0.15) is 0 Å². The molecule has 1 atom stereocenters. The molecule has 2 fully saturated rings. The minimum absolute atomic E-state index is 0.0895. The number of carbonyl (C=O) groups excluding carboxylic acids is 1. The lowest BCUT2D eigenvalue weighted by atomic mass is 9.88. The SMILES string of the molecule is CC1CCC(NS(=O)(=O)CC(=O)N2CCOC[C@@H]2C(=O)O)CC1. The highest BCUT2D eigenvalue weighted by atomic mass is 32.2. The first kappa shape index (κ1) is 18.2. The van der Waals surface area contributed by atoms with E-state index >= 15 is 0 Å². The molecule has 23 heavy (non-hydrogen) atoms. The number of amides is 1. The number of nitrogens with zero attached hydrogens (tertiary/aromatic N) is 1. The van der Waals surface area contributed by atoms with Crippen LogP contribution in [0.5, 0.6) is 0 Å². The van der Waals surface area contributed by atoms with Crippen LogP contribution in [-0.2, 0) is 24.3 Å². The van der Waals surface area contributed by atoms with Crippen LogP contribution in [0, 0.1) is 5.92 Å². The molecule has 0 aromatic carbocycles. The number of carbonyl (C=O) groups is 2. The molecule has 1 heterocycles. The number of rotatable bonds is 5. The molecule has 1 aliphatic heterocycles. The molecule has 2 rings (SSSR count). The normalized spacial score (nSPS) is 29.3. The van der Waals surface area contributed by atoms with Gasteiger partial charge in [0.25, 0.3) is 0 Å². The highest BCUT2D eigenvalue weighted by Gasteiger charge is 2.35. The van der Waals surface area contributed by atoms with Crippen molar-refractivity contribution in [3.8, 4) is 0 Å². The molecular formula is C14H24N2O6S. The quantitative estimate of drug-likeness (QED) is 0.711. The minimum atomic E-state index is -3.77. The van der Waals surface area contributed by atoms with Crippen LogP contribution in [0.2, 0.25) is 0 Å². The molecule has 2 aliphatic rings. The molecule has 2 N–H and O–H groups in total. The Morgan fingerprint density at radius 1 is 1.26 bits per heavy atom. The number of ether oxygens (including phenoxy) is 1. The van der Waals surface area contributed by atoms with Gasteiger partial charge in [-0.05, 0) is 31.6 Å². The molecule has 0 bridgehead atoms. The van der Waals surface area contributed by atoms with Gasteiger partial charge >= 0.3 is 5.97 Å². The van der Waals surface area contributed by atoms with Crippen LogP contribution in [0.3, 0.4) is 0 Å². The Labute approximate surface area is 136 Å². The lowest BCUT2D eigenvalue weighted by Gasteiger charge is -2.33. The fourth-order valence-electron chi connectivity index (χ4n) is 3.03. The molecule has 132 valence electrons. The van der Waals surface area contributed by atoms with Crippen molar-refractivity contribution in [2.75, 3.05) is 25.5 Å². The summed E-state index contributed by atoms with van der Waals surface area (Å²) in [7, 11) is -3.77. The fraction of sp³-hybridized carbons (Fsp3) is 0.857. The van der Waals surface area contributed by atoms with Gasteiger partial charge in [0.1, 0.15) is 5.75 Å². The number of morpholine rings is 1. The molecule has 1 saturated heterocycles. The average molecular weight is 348 g/mol. The maximum absolute atomic E-state index is 12.2. The highest BCUT2D eigenvalue weighted by Crippen LogP contribution is 2.23.